The second kappa shape index (κ2) is 16.7. The van der Waals surface area contributed by atoms with E-state index in [1.54, 1.807) is 66.8 Å². The highest BCUT2D eigenvalue weighted by atomic mass is 16.2. The summed E-state index contributed by atoms with van der Waals surface area (Å²) in [6.45, 7) is 0. The molecule has 0 fully saturated rings. The van der Waals surface area contributed by atoms with E-state index < -0.39 is 0 Å². The minimum absolute atomic E-state index is 0.165. The Morgan fingerprint density at radius 3 is 1.48 bits per heavy atom. The number of pyridine rings is 5. The first kappa shape index (κ1) is 38.5. The van der Waals surface area contributed by atoms with Crippen molar-refractivity contribution in [1.82, 2.24) is 34.7 Å². The number of carbonyl (C=O) groups is 2. The van der Waals surface area contributed by atoms with Crippen LogP contribution in [0.15, 0.2) is 168 Å². The van der Waals surface area contributed by atoms with Crippen LogP contribution in [-0.2, 0) is 7.05 Å². The highest BCUT2D eigenvalue weighted by Crippen LogP contribution is 2.31. The third-order valence-electron chi connectivity index (χ3n) is 9.96. The first-order valence-corrected chi connectivity index (χ1v) is 19.3. The lowest BCUT2D eigenvalue weighted by atomic mass is 10.1. The second-order valence-corrected chi connectivity index (χ2v) is 14.1. The van der Waals surface area contributed by atoms with Gasteiger partial charge in [0.2, 0.25) is 0 Å². The van der Waals surface area contributed by atoms with Crippen LogP contribution in [0.1, 0.15) is 20.8 Å². The molecule has 4 aromatic carbocycles. The molecule has 6 heterocycles. The third kappa shape index (κ3) is 8.04. The van der Waals surface area contributed by atoms with E-state index in [2.05, 4.69) is 51.3 Å². The van der Waals surface area contributed by atoms with Crippen LogP contribution < -0.4 is 32.4 Å². The largest absolute Gasteiger partial charge is 0.355 e. The van der Waals surface area contributed by atoms with E-state index in [4.69, 9.17) is 0 Å². The van der Waals surface area contributed by atoms with E-state index in [1.807, 2.05) is 97.1 Å². The van der Waals surface area contributed by atoms with Crippen molar-refractivity contribution < 1.29 is 9.59 Å². The zero-order chi connectivity index (χ0) is 42.6. The average Bonchev–Trinajstić information content (AvgIpc) is 3.75. The number of nitrogens with one attached hydrogen (secondary N) is 6. The molecular weight excluding hydrogens is 783 g/mol. The monoisotopic (exact) mass is 817 g/mol. The standard InChI is InChI=1S/C24H17N5O2.C23H18N6O2/c30-23(15-4-3-12-25-14-15)28-17-9-7-16(8-10-17)27-20-11-13-26-22-21(20)18-5-1-2-6-19(18)24(31)29-22;1-29-13-11-19(28-29)23(31)26-15-8-6-14(7-9-15)25-18-10-12-24-21-20(18)16-4-2-3-5-17(16)22(30)27-21/h1-14H,(H,28,30)(H2,26,27,29,31);2-13H,1H3,(H,26,31)(H2,24,25,27,30). The molecule has 0 saturated carbocycles. The minimum Gasteiger partial charge on any atom is -0.355 e. The van der Waals surface area contributed by atoms with Gasteiger partial charge in [-0.05, 0) is 91.0 Å². The molecule has 0 bridgehead atoms. The molecular formula is C47H35N11O4. The van der Waals surface area contributed by atoms with E-state index in [1.165, 1.54) is 6.20 Å². The number of fused-ring (bicyclic) bond motifs is 6. The molecule has 0 aliphatic rings. The van der Waals surface area contributed by atoms with E-state index >= 15 is 0 Å². The van der Waals surface area contributed by atoms with E-state index in [0.717, 1.165) is 44.3 Å². The summed E-state index contributed by atoms with van der Waals surface area (Å²) in [7, 11) is 1.76. The van der Waals surface area contributed by atoms with Gasteiger partial charge < -0.3 is 31.2 Å². The van der Waals surface area contributed by atoms with Crippen molar-refractivity contribution in [2.75, 3.05) is 21.3 Å². The van der Waals surface area contributed by atoms with Gasteiger partial charge in [-0.2, -0.15) is 5.10 Å². The molecule has 15 heteroatoms. The van der Waals surface area contributed by atoms with Crippen molar-refractivity contribution in [3.63, 3.8) is 0 Å². The van der Waals surface area contributed by atoms with Gasteiger partial charge in [0.15, 0.2) is 5.69 Å². The molecule has 10 rings (SSSR count). The maximum absolute atomic E-state index is 12.3. The van der Waals surface area contributed by atoms with Crippen LogP contribution in [0.4, 0.5) is 34.1 Å². The number of benzene rings is 4. The maximum atomic E-state index is 12.3. The number of H-pyrrole nitrogens is 2. The first-order valence-electron chi connectivity index (χ1n) is 19.3. The van der Waals surface area contributed by atoms with Crippen molar-refractivity contribution in [2.45, 2.75) is 0 Å². The summed E-state index contributed by atoms with van der Waals surface area (Å²) in [6, 6.07) is 38.5. The number of carbonyl (C=O) groups excluding carboxylic acids is 2. The smallest absolute Gasteiger partial charge is 0.276 e. The second-order valence-electron chi connectivity index (χ2n) is 14.1. The van der Waals surface area contributed by atoms with Crippen LogP contribution in [0.3, 0.4) is 0 Å². The Labute approximate surface area is 351 Å². The Morgan fingerprint density at radius 1 is 0.532 bits per heavy atom. The molecule has 10 aromatic rings. The van der Waals surface area contributed by atoms with Crippen molar-refractivity contribution in [1.29, 1.82) is 0 Å². The van der Waals surface area contributed by atoms with Crippen LogP contribution in [0.5, 0.6) is 0 Å². The summed E-state index contributed by atoms with van der Waals surface area (Å²) >= 11 is 0. The number of amides is 2. The van der Waals surface area contributed by atoms with Crippen molar-refractivity contribution in [3.05, 3.63) is 190 Å². The van der Waals surface area contributed by atoms with Gasteiger partial charge in [-0.3, -0.25) is 28.8 Å². The van der Waals surface area contributed by atoms with Crippen molar-refractivity contribution in [2.24, 2.45) is 7.05 Å². The Kier molecular flexibility index (Phi) is 10.4. The molecule has 0 radical (unpaired) electrons. The Balaban J connectivity index is 0.000000158. The number of rotatable bonds is 8. The number of aromatic amines is 2. The van der Waals surface area contributed by atoms with E-state index in [9.17, 15) is 19.2 Å². The average molecular weight is 818 g/mol. The fourth-order valence-corrected chi connectivity index (χ4v) is 7.03. The zero-order valence-electron chi connectivity index (χ0n) is 32.9. The summed E-state index contributed by atoms with van der Waals surface area (Å²) in [5.41, 5.74) is 6.21. The fraction of sp³-hybridized carbons (Fsp3) is 0.0213. The van der Waals surface area contributed by atoms with Gasteiger partial charge >= 0.3 is 0 Å². The normalized spacial score (nSPS) is 10.9. The van der Waals surface area contributed by atoms with E-state index in [0.29, 0.717) is 44.7 Å². The van der Waals surface area contributed by atoms with E-state index in [-0.39, 0.29) is 22.9 Å². The fourth-order valence-electron chi connectivity index (χ4n) is 7.03. The van der Waals surface area contributed by atoms with Crippen LogP contribution in [0, 0.1) is 0 Å². The topological polar surface area (TPSA) is 204 Å². The SMILES string of the molecule is Cn1ccc(C(=O)Nc2ccc(Nc3ccnc4[nH]c(=O)c5ccccc5c34)cc2)n1.O=C(Nc1ccc(Nc2ccnc3[nH]c(=O)c4ccccc4c23)cc1)c1cccnc1. The van der Waals surface area contributed by atoms with Gasteiger partial charge in [0.1, 0.15) is 11.3 Å². The van der Waals surface area contributed by atoms with Crippen LogP contribution in [-0.4, -0.2) is 46.5 Å². The summed E-state index contributed by atoms with van der Waals surface area (Å²) in [5, 5.41) is 21.1. The first-order chi connectivity index (χ1) is 30.3. The lowest BCUT2D eigenvalue weighted by Crippen LogP contribution is -2.13. The molecule has 0 spiro atoms. The number of hydrogen-bond acceptors (Lipinski definition) is 10. The molecule has 0 aliphatic carbocycles. The highest BCUT2D eigenvalue weighted by molar-refractivity contribution is 6.12. The van der Waals surface area contributed by atoms with Crippen molar-refractivity contribution in [3.8, 4) is 0 Å². The number of aryl methyl sites for hydroxylation is 1. The number of nitrogens with zero attached hydrogens (tertiary/aromatic N) is 5. The van der Waals surface area contributed by atoms with Gasteiger partial charge in [-0.25, -0.2) is 9.97 Å². The molecule has 0 atom stereocenters. The Morgan fingerprint density at radius 2 is 1.02 bits per heavy atom. The number of hydrogen-bond donors (Lipinski definition) is 6. The van der Waals surface area contributed by atoms with Gasteiger partial charge in [0.25, 0.3) is 22.9 Å². The molecule has 0 saturated heterocycles. The summed E-state index contributed by atoms with van der Waals surface area (Å²) in [4.78, 5) is 67.5. The van der Waals surface area contributed by atoms with Gasteiger partial charge in [0, 0.05) is 93.1 Å². The summed E-state index contributed by atoms with van der Waals surface area (Å²) in [5.74, 6) is -0.485. The quantitative estimate of drug-likeness (QED) is 0.0810. The highest BCUT2D eigenvalue weighted by Gasteiger charge is 2.13. The molecule has 6 N–H and O–H groups in total. The summed E-state index contributed by atoms with van der Waals surface area (Å²) in [6.07, 6.45) is 8.17. The summed E-state index contributed by atoms with van der Waals surface area (Å²) < 4.78 is 1.58. The van der Waals surface area contributed by atoms with Gasteiger partial charge in [0.05, 0.1) is 16.9 Å². The third-order valence-corrected chi connectivity index (χ3v) is 9.96. The molecule has 6 aromatic heterocycles. The lowest BCUT2D eigenvalue weighted by Gasteiger charge is -2.12. The Hall–Kier alpha value is -8.98. The predicted molar refractivity (Wildman–Crippen MR) is 243 cm³/mol. The lowest BCUT2D eigenvalue weighted by molar-refractivity contribution is 0.101. The van der Waals surface area contributed by atoms with Crippen LogP contribution >= 0.6 is 0 Å². The number of anilines is 6. The van der Waals surface area contributed by atoms with Crippen LogP contribution in [0.25, 0.3) is 43.6 Å². The molecule has 15 nitrogen and oxygen atoms in total. The maximum Gasteiger partial charge on any atom is 0.276 e. The van der Waals surface area contributed by atoms with Crippen LogP contribution in [0.2, 0.25) is 0 Å². The molecule has 62 heavy (non-hydrogen) atoms. The Bertz CT molecular complexity index is 3400. The molecule has 0 aliphatic heterocycles. The minimum atomic E-state index is -0.267. The number of aromatic nitrogens is 7. The molecule has 0 unspecified atom stereocenters. The zero-order valence-corrected chi connectivity index (χ0v) is 32.9. The predicted octanol–water partition coefficient (Wildman–Crippen LogP) is 8.27. The molecule has 2 amide bonds. The van der Waals surface area contributed by atoms with Gasteiger partial charge in [-0.1, -0.05) is 36.4 Å². The van der Waals surface area contributed by atoms with Crippen molar-refractivity contribution >= 4 is 89.6 Å². The molecule has 302 valence electrons. The van der Waals surface area contributed by atoms with Gasteiger partial charge in [-0.15, -0.1) is 0 Å².